The van der Waals surface area contributed by atoms with Crippen LogP contribution in [0.5, 0.6) is 5.75 Å². The lowest BCUT2D eigenvalue weighted by Gasteiger charge is -2.38. The standard InChI is InChI=1S/C28H33F3N2O3S2/c1-36-21-6-7-26-25(15-21)24(9-11-32-26)27(35)8-5-19-10-12-33(17-20(19)18-34)13-14-37-22-3-2-4-23(16-22)38-28(29,30)31/h2-4,6-7,9,11,15-16,19-20,27,34-35H,5,8,10,12-14,17-18H2,1H3/t19-,20-,27?/m1/s1. The number of ether oxygens (including phenoxy) is 1. The molecule has 1 saturated heterocycles. The molecule has 1 aromatic heterocycles. The number of aliphatic hydroxyl groups excluding tert-OH is 2. The molecule has 1 unspecified atom stereocenters. The highest BCUT2D eigenvalue weighted by atomic mass is 32.2. The maximum atomic E-state index is 12.7. The van der Waals surface area contributed by atoms with Crippen LogP contribution in [-0.2, 0) is 0 Å². The molecule has 1 aliphatic heterocycles. The van der Waals surface area contributed by atoms with E-state index >= 15 is 0 Å². The lowest BCUT2D eigenvalue weighted by molar-refractivity contribution is -0.0328. The molecule has 0 bridgehead atoms. The van der Waals surface area contributed by atoms with E-state index in [-0.39, 0.29) is 29.2 Å². The third-order valence-electron chi connectivity index (χ3n) is 7.08. The number of piperidine rings is 1. The minimum atomic E-state index is -4.29. The van der Waals surface area contributed by atoms with Crippen molar-refractivity contribution in [2.45, 2.75) is 40.7 Å². The molecule has 206 valence electrons. The molecule has 1 fully saturated rings. The number of thioether (sulfide) groups is 2. The van der Waals surface area contributed by atoms with Crippen LogP contribution in [0.25, 0.3) is 10.9 Å². The summed E-state index contributed by atoms with van der Waals surface area (Å²) in [5.41, 5.74) is -2.64. The highest BCUT2D eigenvalue weighted by Crippen LogP contribution is 2.38. The predicted molar refractivity (Wildman–Crippen MR) is 147 cm³/mol. The molecule has 10 heteroatoms. The van der Waals surface area contributed by atoms with Gasteiger partial charge in [-0.15, -0.1) is 11.8 Å². The number of nitrogens with zero attached hydrogens (tertiary/aromatic N) is 2. The van der Waals surface area contributed by atoms with Gasteiger partial charge in [-0.3, -0.25) is 4.98 Å². The fraction of sp³-hybridized carbons (Fsp3) is 0.464. The van der Waals surface area contributed by atoms with Gasteiger partial charge in [-0.05, 0) is 97.4 Å². The van der Waals surface area contributed by atoms with Crippen molar-refractivity contribution in [3.05, 3.63) is 60.3 Å². The van der Waals surface area contributed by atoms with E-state index in [1.165, 1.54) is 6.07 Å². The molecular formula is C28H33F3N2O3S2. The SMILES string of the molecule is COc1ccc2nccc(C(O)CC[C@@H]3CCN(CCSc4cccc(SC(F)(F)F)c4)C[C@@H]3CO)c2c1. The summed E-state index contributed by atoms with van der Waals surface area (Å²) in [7, 11) is 1.61. The third-order valence-corrected chi connectivity index (χ3v) is 8.77. The summed E-state index contributed by atoms with van der Waals surface area (Å²) in [5, 5.41) is 22.0. The maximum Gasteiger partial charge on any atom is 0.446 e. The summed E-state index contributed by atoms with van der Waals surface area (Å²) in [4.78, 5) is 7.73. The molecule has 2 heterocycles. The van der Waals surface area contributed by atoms with E-state index in [0.29, 0.717) is 12.3 Å². The van der Waals surface area contributed by atoms with Crippen LogP contribution < -0.4 is 4.74 Å². The van der Waals surface area contributed by atoms with Crippen LogP contribution >= 0.6 is 23.5 Å². The first-order valence-electron chi connectivity index (χ1n) is 12.7. The highest BCUT2D eigenvalue weighted by Gasteiger charge is 2.30. The Bertz CT molecular complexity index is 1200. The minimum Gasteiger partial charge on any atom is -0.497 e. The van der Waals surface area contributed by atoms with Crippen molar-refractivity contribution in [1.82, 2.24) is 9.88 Å². The van der Waals surface area contributed by atoms with Gasteiger partial charge >= 0.3 is 5.51 Å². The summed E-state index contributed by atoms with van der Waals surface area (Å²) in [6.07, 6.45) is 3.43. The van der Waals surface area contributed by atoms with E-state index in [1.54, 1.807) is 37.2 Å². The lowest BCUT2D eigenvalue weighted by atomic mass is 9.81. The number of pyridine rings is 1. The molecule has 38 heavy (non-hydrogen) atoms. The Hall–Kier alpha value is -1.98. The van der Waals surface area contributed by atoms with Crippen molar-refractivity contribution >= 4 is 34.4 Å². The zero-order valence-electron chi connectivity index (χ0n) is 21.2. The Morgan fingerprint density at radius 2 is 1.95 bits per heavy atom. The van der Waals surface area contributed by atoms with Crippen LogP contribution in [0.3, 0.4) is 0 Å². The summed E-state index contributed by atoms with van der Waals surface area (Å²) in [6.45, 7) is 2.57. The topological polar surface area (TPSA) is 65.8 Å². The number of halogens is 3. The molecule has 0 radical (unpaired) electrons. The molecule has 5 nitrogen and oxygen atoms in total. The number of likely N-dealkylation sites (tertiary alicyclic amines) is 1. The zero-order valence-corrected chi connectivity index (χ0v) is 22.9. The average molecular weight is 567 g/mol. The van der Waals surface area contributed by atoms with E-state index in [4.69, 9.17) is 4.74 Å². The molecule has 0 spiro atoms. The second-order valence-electron chi connectivity index (χ2n) is 9.54. The van der Waals surface area contributed by atoms with Crippen LogP contribution in [0.4, 0.5) is 13.2 Å². The minimum absolute atomic E-state index is 0.0911. The summed E-state index contributed by atoms with van der Waals surface area (Å²) in [6, 6.07) is 14.0. The van der Waals surface area contributed by atoms with E-state index < -0.39 is 11.6 Å². The van der Waals surface area contributed by atoms with Crippen molar-refractivity contribution in [2.75, 3.05) is 39.1 Å². The van der Waals surface area contributed by atoms with Gasteiger partial charge in [-0.2, -0.15) is 13.2 Å². The normalized spacial score (nSPS) is 19.5. The average Bonchev–Trinajstić information content (AvgIpc) is 2.90. The number of aromatic nitrogens is 1. The van der Waals surface area contributed by atoms with E-state index in [0.717, 1.165) is 65.3 Å². The zero-order chi connectivity index (χ0) is 27.1. The number of methoxy groups -OCH3 is 1. The summed E-state index contributed by atoms with van der Waals surface area (Å²) >= 11 is 1.46. The molecule has 0 aliphatic carbocycles. The quantitative estimate of drug-likeness (QED) is 0.261. The predicted octanol–water partition coefficient (Wildman–Crippen LogP) is 6.39. The third kappa shape index (κ3) is 8.02. The number of aliphatic hydroxyl groups is 2. The van der Waals surface area contributed by atoms with Gasteiger partial charge in [0.05, 0.1) is 18.7 Å². The van der Waals surface area contributed by atoms with Crippen LogP contribution in [0.15, 0.2) is 64.5 Å². The molecule has 2 aromatic carbocycles. The van der Waals surface area contributed by atoms with E-state index in [9.17, 15) is 23.4 Å². The van der Waals surface area contributed by atoms with Crippen LogP contribution in [0.2, 0.25) is 0 Å². The number of fused-ring (bicyclic) bond motifs is 1. The van der Waals surface area contributed by atoms with Crippen molar-refractivity contribution in [2.24, 2.45) is 11.8 Å². The van der Waals surface area contributed by atoms with Crippen LogP contribution in [0, 0.1) is 11.8 Å². The Labute approximate surface area is 229 Å². The van der Waals surface area contributed by atoms with Gasteiger partial charge in [0.15, 0.2) is 0 Å². The van der Waals surface area contributed by atoms with Gasteiger partial charge in [-0.1, -0.05) is 6.07 Å². The van der Waals surface area contributed by atoms with E-state index in [1.807, 2.05) is 30.3 Å². The van der Waals surface area contributed by atoms with Gasteiger partial charge in [0, 0.05) is 46.8 Å². The molecule has 1 aliphatic rings. The fourth-order valence-corrected chi connectivity index (χ4v) is 6.74. The van der Waals surface area contributed by atoms with Crippen LogP contribution in [-0.4, -0.2) is 64.7 Å². The highest BCUT2D eigenvalue weighted by molar-refractivity contribution is 8.00. The van der Waals surface area contributed by atoms with Crippen molar-refractivity contribution in [1.29, 1.82) is 0 Å². The van der Waals surface area contributed by atoms with Crippen molar-refractivity contribution < 1.29 is 28.1 Å². The second-order valence-corrected chi connectivity index (χ2v) is 11.8. The maximum absolute atomic E-state index is 12.7. The first-order valence-corrected chi connectivity index (χ1v) is 14.5. The summed E-state index contributed by atoms with van der Waals surface area (Å²) < 4.78 is 43.3. The molecule has 2 N–H and O–H groups in total. The van der Waals surface area contributed by atoms with Gasteiger partial charge in [0.25, 0.3) is 0 Å². The molecule has 0 saturated carbocycles. The van der Waals surface area contributed by atoms with Gasteiger partial charge in [0.2, 0.25) is 0 Å². The lowest BCUT2D eigenvalue weighted by Crippen LogP contribution is -2.43. The Kier molecular flexibility index (Phi) is 10.2. The Morgan fingerprint density at radius 3 is 2.71 bits per heavy atom. The number of benzene rings is 2. The van der Waals surface area contributed by atoms with Gasteiger partial charge in [-0.25, -0.2) is 0 Å². The molecule has 3 aromatic rings. The Balaban J connectivity index is 1.27. The molecule has 4 rings (SSSR count). The Morgan fingerprint density at radius 1 is 1.13 bits per heavy atom. The number of hydrogen-bond donors (Lipinski definition) is 2. The first-order chi connectivity index (χ1) is 18.3. The van der Waals surface area contributed by atoms with Crippen LogP contribution in [0.1, 0.15) is 30.9 Å². The first kappa shape index (κ1) is 29.0. The van der Waals surface area contributed by atoms with Gasteiger partial charge < -0.3 is 19.8 Å². The number of rotatable bonds is 11. The largest absolute Gasteiger partial charge is 0.497 e. The fourth-order valence-electron chi connectivity index (χ4n) is 5.09. The smallest absolute Gasteiger partial charge is 0.446 e. The molecule has 0 amide bonds. The number of alkyl halides is 3. The number of hydrogen-bond acceptors (Lipinski definition) is 7. The molecular weight excluding hydrogens is 533 g/mol. The molecule has 3 atom stereocenters. The second kappa shape index (κ2) is 13.4. The van der Waals surface area contributed by atoms with Crippen molar-refractivity contribution in [3.8, 4) is 5.75 Å². The van der Waals surface area contributed by atoms with Crippen molar-refractivity contribution in [3.63, 3.8) is 0 Å². The van der Waals surface area contributed by atoms with E-state index in [2.05, 4.69) is 9.88 Å². The summed E-state index contributed by atoms with van der Waals surface area (Å²) in [5.74, 6) is 1.93. The monoisotopic (exact) mass is 566 g/mol. The van der Waals surface area contributed by atoms with Gasteiger partial charge in [0.1, 0.15) is 5.75 Å².